The first kappa shape index (κ1) is 10.8. The zero-order chi connectivity index (χ0) is 13.1. The number of nitriles is 1. The summed E-state index contributed by atoms with van der Waals surface area (Å²) in [7, 11) is 0. The lowest BCUT2D eigenvalue weighted by atomic mass is 9.66. The van der Waals surface area contributed by atoms with Crippen LogP contribution < -0.4 is 5.76 Å². The largest absolute Gasteiger partial charge is 0.417 e. The number of nitrogens with one attached hydrogen (secondary N) is 1. The molecule has 2 aromatic rings. The summed E-state index contributed by atoms with van der Waals surface area (Å²) in [5, 5.41) is 9.45. The molecule has 2 aliphatic rings. The number of aromatic amines is 1. The molecule has 2 heterocycles. The second-order valence-corrected chi connectivity index (χ2v) is 5.49. The molecule has 1 saturated carbocycles. The highest BCUT2D eigenvalue weighted by atomic mass is 16.5. The van der Waals surface area contributed by atoms with E-state index in [2.05, 4.69) is 11.1 Å². The van der Waals surface area contributed by atoms with Gasteiger partial charge in [-0.15, -0.1) is 0 Å². The summed E-state index contributed by atoms with van der Waals surface area (Å²) in [6.45, 7) is 1.16. The summed E-state index contributed by atoms with van der Waals surface area (Å²) in [6, 6.07) is 8.12. The lowest BCUT2D eigenvalue weighted by molar-refractivity contribution is -0.0866. The number of ether oxygens (including phenoxy) is 1. The van der Waals surface area contributed by atoms with Gasteiger partial charge in [0, 0.05) is 0 Å². The van der Waals surface area contributed by atoms with Gasteiger partial charge in [0.15, 0.2) is 5.58 Å². The Balaban J connectivity index is 1.89. The molecular weight excluding hydrogens is 244 g/mol. The Labute approximate surface area is 108 Å². The van der Waals surface area contributed by atoms with Gasteiger partial charge < -0.3 is 9.15 Å². The van der Waals surface area contributed by atoms with Crippen molar-refractivity contribution >= 4 is 11.1 Å². The maximum absolute atomic E-state index is 11.2. The summed E-state index contributed by atoms with van der Waals surface area (Å²) >= 11 is 0. The highest BCUT2D eigenvalue weighted by molar-refractivity contribution is 5.73. The van der Waals surface area contributed by atoms with E-state index in [-0.39, 0.29) is 10.8 Å². The summed E-state index contributed by atoms with van der Waals surface area (Å²) < 4.78 is 10.4. The molecule has 2 fully saturated rings. The molecule has 1 N–H and O–H groups in total. The normalized spacial score (nSPS) is 22.7. The average molecular weight is 256 g/mol. The Morgan fingerprint density at radius 3 is 2.68 bits per heavy atom. The van der Waals surface area contributed by atoms with Gasteiger partial charge in [0.2, 0.25) is 0 Å². The van der Waals surface area contributed by atoms with Gasteiger partial charge in [0.25, 0.3) is 0 Å². The van der Waals surface area contributed by atoms with Crippen molar-refractivity contribution in [3.8, 4) is 6.07 Å². The summed E-state index contributed by atoms with van der Waals surface area (Å²) in [5.74, 6) is -0.451. The molecule has 5 heteroatoms. The van der Waals surface area contributed by atoms with Gasteiger partial charge in [-0.3, -0.25) is 4.98 Å². The Morgan fingerprint density at radius 2 is 2.11 bits per heavy atom. The number of nitrogens with zero attached hydrogens (tertiary/aromatic N) is 1. The molecule has 1 aromatic carbocycles. The predicted molar refractivity (Wildman–Crippen MR) is 66.6 cm³/mol. The summed E-state index contributed by atoms with van der Waals surface area (Å²) in [5.41, 5.74) is 1.78. The molecule has 5 nitrogen and oxygen atoms in total. The standard InChI is InChI=1S/C14H12N2O3/c15-6-13(3-4-13)14(7-18-8-14)9-1-2-11-10(5-9)16-12(17)19-11/h1-2,5H,3-4,7-8H2,(H,16,17). The molecule has 4 rings (SSSR count). The number of oxazole rings is 1. The minimum absolute atomic E-state index is 0.218. The van der Waals surface area contributed by atoms with Crippen LogP contribution in [0.4, 0.5) is 0 Å². The molecule has 0 bridgehead atoms. The summed E-state index contributed by atoms with van der Waals surface area (Å²) in [4.78, 5) is 13.9. The van der Waals surface area contributed by atoms with E-state index >= 15 is 0 Å². The van der Waals surface area contributed by atoms with Crippen LogP contribution in [-0.2, 0) is 10.2 Å². The fourth-order valence-electron chi connectivity index (χ4n) is 3.10. The van der Waals surface area contributed by atoms with Crippen molar-refractivity contribution in [1.29, 1.82) is 5.26 Å². The molecule has 0 amide bonds. The van der Waals surface area contributed by atoms with Crippen LogP contribution in [0.5, 0.6) is 0 Å². The zero-order valence-corrected chi connectivity index (χ0v) is 10.2. The first-order valence-electron chi connectivity index (χ1n) is 6.32. The Hall–Kier alpha value is -2.06. The number of fused-ring (bicyclic) bond motifs is 1. The lowest BCUT2D eigenvalue weighted by Crippen LogP contribution is -2.53. The molecule has 0 atom stereocenters. The highest BCUT2D eigenvalue weighted by Gasteiger charge is 2.64. The van der Waals surface area contributed by atoms with E-state index in [9.17, 15) is 10.1 Å². The molecule has 1 aliphatic heterocycles. The molecule has 0 spiro atoms. The topological polar surface area (TPSA) is 79.0 Å². The van der Waals surface area contributed by atoms with E-state index < -0.39 is 5.76 Å². The van der Waals surface area contributed by atoms with E-state index in [0.717, 1.165) is 18.4 Å². The van der Waals surface area contributed by atoms with Crippen LogP contribution in [0.15, 0.2) is 27.4 Å². The van der Waals surface area contributed by atoms with Crippen molar-refractivity contribution in [2.45, 2.75) is 18.3 Å². The van der Waals surface area contributed by atoms with Crippen LogP contribution in [0.3, 0.4) is 0 Å². The first-order chi connectivity index (χ1) is 9.19. The van der Waals surface area contributed by atoms with Crippen LogP contribution in [0, 0.1) is 16.7 Å². The maximum Gasteiger partial charge on any atom is 0.417 e. The first-order valence-corrected chi connectivity index (χ1v) is 6.32. The number of hydrogen-bond acceptors (Lipinski definition) is 4. The molecule has 0 unspecified atom stereocenters. The minimum Gasteiger partial charge on any atom is -0.408 e. The SMILES string of the molecule is N#CC1(C2(c3ccc4oc(=O)[nH]c4c3)COC2)CC1. The van der Waals surface area contributed by atoms with Crippen LogP contribution in [0.2, 0.25) is 0 Å². The molecule has 1 aromatic heterocycles. The second kappa shape index (κ2) is 3.28. The number of aromatic nitrogens is 1. The fraction of sp³-hybridized carbons (Fsp3) is 0.429. The lowest BCUT2D eigenvalue weighted by Gasteiger charge is -2.45. The van der Waals surface area contributed by atoms with E-state index in [0.29, 0.717) is 24.3 Å². The van der Waals surface area contributed by atoms with Gasteiger partial charge in [0.1, 0.15) is 0 Å². The van der Waals surface area contributed by atoms with Crippen molar-refractivity contribution in [3.05, 3.63) is 34.3 Å². The van der Waals surface area contributed by atoms with Gasteiger partial charge in [-0.05, 0) is 30.5 Å². The van der Waals surface area contributed by atoms with Crippen LogP contribution >= 0.6 is 0 Å². The van der Waals surface area contributed by atoms with Crippen LogP contribution in [0.25, 0.3) is 11.1 Å². The average Bonchev–Trinajstić information content (AvgIpc) is 3.04. The third-order valence-corrected chi connectivity index (χ3v) is 4.55. The van der Waals surface area contributed by atoms with Gasteiger partial charge in [-0.2, -0.15) is 5.26 Å². The Bertz CT molecular complexity index is 757. The summed E-state index contributed by atoms with van der Waals surface area (Å²) in [6.07, 6.45) is 1.85. The maximum atomic E-state index is 11.2. The molecule has 96 valence electrons. The smallest absolute Gasteiger partial charge is 0.408 e. The predicted octanol–water partition coefficient (Wildman–Crippen LogP) is 1.69. The zero-order valence-electron chi connectivity index (χ0n) is 10.2. The second-order valence-electron chi connectivity index (χ2n) is 5.49. The van der Waals surface area contributed by atoms with Crippen molar-refractivity contribution in [2.24, 2.45) is 5.41 Å². The van der Waals surface area contributed by atoms with Crippen molar-refractivity contribution < 1.29 is 9.15 Å². The van der Waals surface area contributed by atoms with E-state index in [4.69, 9.17) is 9.15 Å². The van der Waals surface area contributed by atoms with Gasteiger partial charge >= 0.3 is 5.76 Å². The van der Waals surface area contributed by atoms with E-state index in [1.807, 2.05) is 12.1 Å². The van der Waals surface area contributed by atoms with Crippen LogP contribution in [0.1, 0.15) is 18.4 Å². The molecule has 19 heavy (non-hydrogen) atoms. The van der Waals surface area contributed by atoms with E-state index in [1.54, 1.807) is 6.07 Å². The highest BCUT2D eigenvalue weighted by Crippen LogP contribution is 2.62. The minimum atomic E-state index is -0.451. The fourth-order valence-corrected chi connectivity index (χ4v) is 3.10. The molecule has 0 radical (unpaired) electrons. The molecular formula is C14H12N2O3. The monoisotopic (exact) mass is 256 g/mol. The molecule has 1 aliphatic carbocycles. The molecule has 1 saturated heterocycles. The number of H-pyrrole nitrogens is 1. The van der Waals surface area contributed by atoms with Crippen molar-refractivity contribution in [3.63, 3.8) is 0 Å². The van der Waals surface area contributed by atoms with E-state index in [1.165, 1.54) is 0 Å². The quantitative estimate of drug-likeness (QED) is 0.886. The number of benzene rings is 1. The number of hydrogen-bond donors (Lipinski definition) is 1. The van der Waals surface area contributed by atoms with Crippen LogP contribution in [-0.4, -0.2) is 18.2 Å². The van der Waals surface area contributed by atoms with Gasteiger partial charge in [-0.25, -0.2) is 4.79 Å². The van der Waals surface area contributed by atoms with Crippen molar-refractivity contribution in [1.82, 2.24) is 4.98 Å². The van der Waals surface area contributed by atoms with Gasteiger partial charge in [0.05, 0.1) is 35.6 Å². The van der Waals surface area contributed by atoms with Crippen molar-refractivity contribution in [2.75, 3.05) is 13.2 Å². The number of rotatable bonds is 2. The van der Waals surface area contributed by atoms with Gasteiger partial charge in [-0.1, -0.05) is 6.07 Å². The third-order valence-electron chi connectivity index (χ3n) is 4.55. The Kier molecular flexibility index (Phi) is 1.87. The Morgan fingerprint density at radius 1 is 1.32 bits per heavy atom. The third kappa shape index (κ3) is 1.24.